The molecule has 93 heavy (non-hydrogen) atoms. The number of unbranched alkanes of at least 4 members (excludes halogenated alkanes) is 34. The number of rotatable bonds is 58. The molecule has 19 nitrogen and oxygen atoms in total. The molecule has 1 amide bonds. The van der Waals surface area contributed by atoms with Gasteiger partial charge in [-0.25, -0.2) is 0 Å². The van der Waals surface area contributed by atoms with Crippen LogP contribution < -0.4 is 5.32 Å². The number of carbonyl (C=O) groups excluding carboxylic acids is 1. The molecule has 3 aliphatic heterocycles. The van der Waals surface area contributed by atoms with E-state index in [1.165, 1.54) is 180 Å². The average molecular weight is 1330 g/mol. The molecule has 0 aromatic rings. The highest BCUT2D eigenvalue weighted by molar-refractivity contribution is 5.76. The highest BCUT2D eigenvalue weighted by Gasteiger charge is 2.53. The molecule has 0 radical (unpaired) electrons. The highest BCUT2D eigenvalue weighted by Crippen LogP contribution is 2.33. The van der Waals surface area contributed by atoms with E-state index in [1.807, 2.05) is 0 Å². The zero-order chi connectivity index (χ0) is 67.5. The number of carbonyl (C=O) groups is 1. The summed E-state index contributed by atoms with van der Waals surface area (Å²) < 4.78 is 34.5. The van der Waals surface area contributed by atoms with E-state index in [4.69, 9.17) is 28.4 Å². The van der Waals surface area contributed by atoms with Gasteiger partial charge >= 0.3 is 0 Å². The molecular formula is C74H135NO18. The molecule has 0 saturated carbocycles. The summed E-state index contributed by atoms with van der Waals surface area (Å²) in [6.07, 6.45) is 40.4. The molecule has 3 fully saturated rings. The monoisotopic (exact) mass is 1330 g/mol. The van der Waals surface area contributed by atoms with Gasteiger partial charge in [0.2, 0.25) is 5.91 Å². The first-order valence-electron chi connectivity index (χ1n) is 37.4. The first-order valence-corrected chi connectivity index (χ1v) is 37.4. The summed E-state index contributed by atoms with van der Waals surface area (Å²) >= 11 is 0. The van der Waals surface area contributed by atoms with Crippen LogP contribution in [-0.4, -0.2) is 193 Å². The van der Waals surface area contributed by atoms with Gasteiger partial charge in [0.05, 0.1) is 38.6 Å². The highest BCUT2D eigenvalue weighted by atomic mass is 16.8. The lowest BCUT2D eigenvalue weighted by molar-refractivity contribution is -0.379. The number of amides is 1. The number of ether oxygens (including phenoxy) is 6. The summed E-state index contributed by atoms with van der Waals surface area (Å²) in [5.74, 6) is -0.240. The van der Waals surface area contributed by atoms with Crippen LogP contribution >= 0.6 is 0 Å². The van der Waals surface area contributed by atoms with Gasteiger partial charge in [-0.2, -0.15) is 0 Å². The molecule has 0 aromatic heterocycles. The zero-order valence-corrected chi connectivity index (χ0v) is 57.7. The Bertz CT molecular complexity index is 1870. The maximum atomic E-state index is 13.5. The van der Waals surface area contributed by atoms with Crippen molar-refractivity contribution in [2.75, 3.05) is 26.4 Å². The molecule has 0 bridgehead atoms. The van der Waals surface area contributed by atoms with Gasteiger partial charge in [0.1, 0.15) is 73.2 Å². The van der Waals surface area contributed by atoms with Gasteiger partial charge in [0.25, 0.3) is 0 Å². The second-order valence-electron chi connectivity index (χ2n) is 26.7. The van der Waals surface area contributed by atoms with Crippen molar-refractivity contribution in [3.63, 3.8) is 0 Å². The van der Waals surface area contributed by atoms with Crippen LogP contribution in [0.25, 0.3) is 0 Å². The Balaban J connectivity index is 1.38. The molecule has 3 saturated heterocycles. The fourth-order valence-corrected chi connectivity index (χ4v) is 12.7. The van der Waals surface area contributed by atoms with Crippen molar-refractivity contribution in [3.8, 4) is 0 Å². The van der Waals surface area contributed by atoms with E-state index in [2.05, 4.69) is 67.8 Å². The normalized spacial score (nSPS) is 27.8. The van der Waals surface area contributed by atoms with E-state index in [0.29, 0.717) is 12.8 Å². The van der Waals surface area contributed by atoms with E-state index in [0.717, 1.165) is 70.6 Å². The van der Waals surface area contributed by atoms with Crippen LogP contribution in [0, 0.1) is 0 Å². The van der Waals surface area contributed by atoms with Gasteiger partial charge < -0.3 is 89.9 Å². The van der Waals surface area contributed by atoms with Gasteiger partial charge in [-0.1, -0.05) is 274 Å². The summed E-state index contributed by atoms with van der Waals surface area (Å²) in [4.78, 5) is 13.5. The Labute approximate surface area is 561 Å². The topological polar surface area (TPSA) is 307 Å². The van der Waals surface area contributed by atoms with Crippen LogP contribution in [0.1, 0.15) is 284 Å². The average Bonchev–Trinajstić information content (AvgIpc) is 1.00. The number of aliphatic hydroxyl groups excluding tert-OH is 11. The van der Waals surface area contributed by atoms with Crippen LogP contribution in [0.15, 0.2) is 48.6 Å². The molecule has 3 rings (SSSR count). The number of hydrogen-bond donors (Lipinski definition) is 12. The van der Waals surface area contributed by atoms with Gasteiger partial charge in [0, 0.05) is 6.42 Å². The Kier molecular flexibility index (Phi) is 50.8. The maximum absolute atomic E-state index is 13.5. The van der Waals surface area contributed by atoms with Gasteiger partial charge in [-0.15, -0.1) is 0 Å². The number of hydrogen-bond acceptors (Lipinski definition) is 18. The molecule has 3 heterocycles. The van der Waals surface area contributed by atoms with E-state index >= 15 is 0 Å². The molecular weight excluding hydrogens is 1190 g/mol. The van der Waals surface area contributed by atoms with Crippen LogP contribution in [0.4, 0.5) is 0 Å². The SMILES string of the molecule is CC/C=C\C/C=C\C/C=C\C/C=C\CCCCCCCCCCCCCCCCCCC(=O)NC(COC1OC(CO)C(OC2OC(CO)C(OC3OC(CO)C(O)C(O)C3O)C(O)C2O)C(O)C1O)C(O)CCCCCCCCCCCCCCCCCCCCC. The lowest BCUT2D eigenvalue weighted by Gasteiger charge is -2.48. The van der Waals surface area contributed by atoms with E-state index < -0.39 is 124 Å². The molecule has 0 aliphatic carbocycles. The van der Waals surface area contributed by atoms with Crippen molar-refractivity contribution in [1.82, 2.24) is 5.32 Å². The molecule has 3 aliphatic rings. The van der Waals surface area contributed by atoms with E-state index in [1.54, 1.807) is 0 Å². The van der Waals surface area contributed by atoms with Crippen molar-refractivity contribution >= 4 is 5.91 Å². The minimum absolute atomic E-state index is 0.240. The summed E-state index contributed by atoms with van der Waals surface area (Å²) in [5, 5.41) is 121. The lowest BCUT2D eigenvalue weighted by Crippen LogP contribution is -2.66. The number of aliphatic hydroxyl groups is 11. The summed E-state index contributed by atoms with van der Waals surface area (Å²) in [6, 6.07) is -0.888. The Morgan fingerprint density at radius 1 is 0.398 bits per heavy atom. The van der Waals surface area contributed by atoms with Gasteiger partial charge in [0.15, 0.2) is 18.9 Å². The second-order valence-corrected chi connectivity index (χ2v) is 26.7. The standard InChI is InChI=1S/C74H135NO18/c1-3-5-7-9-11-13-15-17-19-21-23-24-25-26-27-28-29-30-31-32-34-36-38-40-42-44-46-48-50-52-62(80)75-57(58(79)51-49-47-45-43-41-39-37-35-33-22-20-18-16-14-12-10-8-6-4-2)56-88-72-68(86)65(83)70(60(54-77)90-72)93-74-69(87)66(84)71(61(55-78)91-74)92-73-67(85)64(82)63(81)59(53-76)89-73/h5,7,11,13,17,19,23-24,57-61,63-74,76-79,81-87H,3-4,6,8-10,12,14-16,18,20-22,25-56H2,1-2H3,(H,75,80)/b7-5-,13-11-,19-17-,24-23-. The van der Waals surface area contributed by atoms with Crippen LogP contribution in [0.3, 0.4) is 0 Å². The van der Waals surface area contributed by atoms with Crippen LogP contribution in [0.2, 0.25) is 0 Å². The molecule has 0 aromatic carbocycles. The molecule has 544 valence electrons. The lowest BCUT2D eigenvalue weighted by atomic mass is 9.96. The predicted molar refractivity (Wildman–Crippen MR) is 365 cm³/mol. The van der Waals surface area contributed by atoms with Crippen molar-refractivity contribution in [3.05, 3.63) is 48.6 Å². The molecule has 17 unspecified atom stereocenters. The second kappa shape index (κ2) is 55.6. The Morgan fingerprint density at radius 3 is 1.16 bits per heavy atom. The first kappa shape index (κ1) is 85.0. The minimum Gasteiger partial charge on any atom is -0.394 e. The third-order valence-electron chi connectivity index (χ3n) is 18.7. The fourth-order valence-electron chi connectivity index (χ4n) is 12.7. The van der Waals surface area contributed by atoms with E-state index in [9.17, 15) is 61.0 Å². The van der Waals surface area contributed by atoms with Gasteiger partial charge in [-0.3, -0.25) is 4.79 Å². The summed E-state index contributed by atoms with van der Waals surface area (Å²) in [6.45, 7) is 1.72. The molecule has 12 N–H and O–H groups in total. The van der Waals surface area contributed by atoms with Crippen molar-refractivity contribution in [2.24, 2.45) is 0 Å². The smallest absolute Gasteiger partial charge is 0.220 e. The zero-order valence-electron chi connectivity index (χ0n) is 57.7. The Morgan fingerprint density at radius 2 is 0.742 bits per heavy atom. The number of nitrogens with one attached hydrogen (secondary N) is 1. The molecule has 0 spiro atoms. The van der Waals surface area contributed by atoms with Crippen LogP contribution in [-0.2, 0) is 33.2 Å². The van der Waals surface area contributed by atoms with Crippen molar-refractivity contribution < 1.29 is 89.4 Å². The first-order chi connectivity index (χ1) is 45.3. The predicted octanol–water partition coefficient (Wildman–Crippen LogP) is 10.9. The van der Waals surface area contributed by atoms with Crippen molar-refractivity contribution in [1.29, 1.82) is 0 Å². The molecule has 17 atom stereocenters. The molecule has 19 heteroatoms. The number of allylic oxidation sites excluding steroid dienone is 8. The van der Waals surface area contributed by atoms with Crippen molar-refractivity contribution in [2.45, 2.75) is 388 Å². The van der Waals surface area contributed by atoms with Gasteiger partial charge in [-0.05, 0) is 51.4 Å². The van der Waals surface area contributed by atoms with E-state index in [-0.39, 0.29) is 18.9 Å². The fraction of sp³-hybridized carbons (Fsp3) is 0.878. The quantitative estimate of drug-likeness (QED) is 0.0199. The third kappa shape index (κ3) is 37.0. The maximum Gasteiger partial charge on any atom is 0.220 e. The Hall–Kier alpha value is -2.25. The summed E-state index contributed by atoms with van der Waals surface area (Å²) in [5.41, 5.74) is 0. The van der Waals surface area contributed by atoms with Crippen LogP contribution in [0.5, 0.6) is 0 Å². The minimum atomic E-state index is -1.97. The largest absolute Gasteiger partial charge is 0.394 e. The summed E-state index contributed by atoms with van der Waals surface area (Å²) in [7, 11) is 0. The third-order valence-corrected chi connectivity index (χ3v) is 18.7.